The van der Waals surface area contributed by atoms with Gasteiger partial charge in [0.25, 0.3) is 0 Å². The summed E-state index contributed by atoms with van der Waals surface area (Å²) in [6.07, 6.45) is -0.109. The summed E-state index contributed by atoms with van der Waals surface area (Å²) in [6, 6.07) is 25.6. The molecule has 0 radical (unpaired) electrons. The molecule has 30 heavy (non-hydrogen) atoms. The van der Waals surface area contributed by atoms with Crippen molar-refractivity contribution in [1.29, 1.82) is 0 Å². The van der Waals surface area contributed by atoms with Crippen molar-refractivity contribution in [2.45, 2.75) is 18.8 Å². The molecule has 0 fully saturated rings. The highest BCUT2D eigenvalue weighted by molar-refractivity contribution is 5.88. The molecule has 3 aromatic rings. The molecule has 0 heterocycles. The van der Waals surface area contributed by atoms with Gasteiger partial charge in [-0.1, -0.05) is 66.7 Å². The van der Waals surface area contributed by atoms with Crippen LogP contribution in [0.4, 0.5) is 10.5 Å². The zero-order valence-electron chi connectivity index (χ0n) is 16.5. The third-order valence-electron chi connectivity index (χ3n) is 5.40. The monoisotopic (exact) mass is 401 g/mol. The molecule has 1 aliphatic rings. The fourth-order valence-electron chi connectivity index (χ4n) is 3.99. The number of hydrogen-bond acceptors (Lipinski definition) is 3. The number of carboxylic acids is 1. The maximum absolute atomic E-state index is 13.0. The number of para-hydroxylation sites is 1. The minimum atomic E-state index is -0.879. The van der Waals surface area contributed by atoms with E-state index in [-0.39, 0.29) is 25.5 Å². The zero-order valence-corrected chi connectivity index (χ0v) is 16.5. The average Bonchev–Trinajstić information content (AvgIpc) is 3.09. The van der Waals surface area contributed by atoms with E-state index in [1.807, 2.05) is 54.6 Å². The maximum Gasteiger partial charge on any atom is 0.414 e. The molecular weight excluding hydrogens is 378 g/mol. The Bertz CT molecular complexity index is 1000. The van der Waals surface area contributed by atoms with Crippen LogP contribution in [-0.4, -0.2) is 30.3 Å². The second-order valence-electron chi connectivity index (χ2n) is 7.29. The normalized spacial score (nSPS) is 12.1. The molecule has 152 valence electrons. The third kappa shape index (κ3) is 4.06. The van der Waals surface area contributed by atoms with Gasteiger partial charge in [0.1, 0.15) is 6.61 Å². The number of carbonyl (C=O) groups excluding carboxylic acids is 1. The van der Waals surface area contributed by atoms with Crippen LogP contribution in [0.1, 0.15) is 29.9 Å². The van der Waals surface area contributed by atoms with E-state index < -0.39 is 12.1 Å². The van der Waals surface area contributed by atoms with E-state index >= 15 is 0 Å². The van der Waals surface area contributed by atoms with Crippen LogP contribution < -0.4 is 4.90 Å². The Kier molecular flexibility index (Phi) is 5.80. The second kappa shape index (κ2) is 8.82. The highest BCUT2D eigenvalue weighted by Gasteiger charge is 2.29. The Hall–Kier alpha value is -3.60. The number of benzene rings is 3. The van der Waals surface area contributed by atoms with Gasteiger partial charge >= 0.3 is 12.1 Å². The number of carboxylic acid groups (broad SMARTS) is 1. The standard InChI is InChI=1S/C25H23NO4/c27-24(28)15-8-16-26(18-9-2-1-3-10-18)25(29)30-17-23-21-13-6-4-11-19(21)20-12-5-7-14-22(20)23/h1-7,9-14,23H,8,15-17H2,(H,27,28). The fourth-order valence-corrected chi connectivity index (χ4v) is 3.99. The van der Waals surface area contributed by atoms with Gasteiger partial charge in [-0.25, -0.2) is 4.79 Å². The summed E-state index contributed by atoms with van der Waals surface area (Å²) < 4.78 is 5.75. The Labute approximate surface area is 175 Å². The molecule has 0 atom stereocenters. The first-order valence-electron chi connectivity index (χ1n) is 10.0. The first-order valence-corrected chi connectivity index (χ1v) is 10.0. The first-order chi connectivity index (χ1) is 14.6. The summed E-state index contributed by atoms with van der Waals surface area (Å²) in [5.74, 6) is -0.895. The van der Waals surface area contributed by atoms with Crippen LogP contribution in [0.15, 0.2) is 78.9 Å². The minimum Gasteiger partial charge on any atom is -0.481 e. The smallest absolute Gasteiger partial charge is 0.414 e. The van der Waals surface area contributed by atoms with Gasteiger partial charge in [-0.05, 0) is 40.8 Å². The Morgan fingerprint density at radius 2 is 1.40 bits per heavy atom. The van der Waals surface area contributed by atoms with E-state index in [1.54, 1.807) is 0 Å². The van der Waals surface area contributed by atoms with Crippen LogP contribution in [-0.2, 0) is 9.53 Å². The molecule has 1 aliphatic carbocycles. The van der Waals surface area contributed by atoms with Gasteiger partial charge < -0.3 is 9.84 Å². The number of rotatable bonds is 7. The number of anilines is 1. The molecule has 5 nitrogen and oxygen atoms in total. The van der Waals surface area contributed by atoms with Crippen molar-refractivity contribution in [2.24, 2.45) is 0 Å². The quantitative estimate of drug-likeness (QED) is 0.583. The summed E-state index contributed by atoms with van der Waals surface area (Å²) in [5, 5.41) is 8.93. The SMILES string of the molecule is O=C(O)CCCN(C(=O)OCC1c2ccccc2-c2ccccc21)c1ccccc1. The van der Waals surface area contributed by atoms with Crippen LogP contribution in [0.25, 0.3) is 11.1 Å². The van der Waals surface area contributed by atoms with Gasteiger partial charge in [0, 0.05) is 24.6 Å². The van der Waals surface area contributed by atoms with E-state index in [4.69, 9.17) is 9.84 Å². The number of carbonyl (C=O) groups is 2. The minimum absolute atomic E-state index is 0.0000106. The molecule has 0 aromatic heterocycles. The van der Waals surface area contributed by atoms with Crippen LogP contribution in [0.5, 0.6) is 0 Å². The maximum atomic E-state index is 13.0. The lowest BCUT2D eigenvalue weighted by Gasteiger charge is -2.23. The molecule has 3 aromatic carbocycles. The second-order valence-corrected chi connectivity index (χ2v) is 7.29. The van der Waals surface area contributed by atoms with Crippen molar-refractivity contribution in [1.82, 2.24) is 0 Å². The molecule has 5 heteroatoms. The predicted octanol–water partition coefficient (Wildman–Crippen LogP) is 5.31. The number of aliphatic carboxylic acids is 1. The molecule has 0 aliphatic heterocycles. The topological polar surface area (TPSA) is 66.8 Å². The number of fused-ring (bicyclic) bond motifs is 3. The number of ether oxygens (including phenoxy) is 1. The molecule has 1 N–H and O–H groups in total. The molecule has 0 saturated carbocycles. The van der Waals surface area contributed by atoms with Gasteiger partial charge in [0.15, 0.2) is 0 Å². The van der Waals surface area contributed by atoms with E-state index in [1.165, 1.54) is 16.0 Å². The van der Waals surface area contributed by atoms with Gasteiger partial charge in [-0.15, -0.1) is 0 Å². The van der Waals surface area contributed by atoms with Crippen LogP contribution in [0, 0.1) is 0 Å². The number of hydrogen-bond donors (Lipinski definition) is 1. The summed E-state index contributed by atoms with van der Waals surface area (Å²) in [6.45, 7) is 0.516. The van der Waals surface area contributed by atoms with Crippen LogP contribution in [0.2, 0.25) is 0 Å². The van der Waals surface area contributed by atoms with Gasteiger partial charge in [0.05, 0.1) is 0 Å². The lowest BCUT2D eigenvalue weighted by Crippen LogP contribution is -2.33. The zero-order chi connectivity index (χ0) is 20.9. The lowest BCUT2D eigenvalue weighted by atomic mass is 9.98. The average molecular weight is 401 g/mol. The third-order valence-corrected chi connectivity index (χ3v) is 5.40. The lowest BCUT2D eigenvalue weighted by molar-refractivity contribution is -0.137. The predicted molar refractivity (Wildman–Crippen MR) is 116 cm³/mol. The van der Waals surface area contributed by atoms with Crippen LogP contribution in [0.3, 0.4) is 0 Å². The Morgan fingerprint density at radius 3 is 2.00 bits per heavy atom. The van der Waals surface area contributed by atoms with Crippen molar-refractivity contribution in [3.8, 4) is 11.1 Å². The molecule has 1 amide bonds. The molecule has 0 saturated heterocycles. The number of amides is 1. The Balaban J connectivity index is 1.51. The van der Waals surface area contributed by atoms with Crippen molar-refractivity contribution < 1.29 is 19.4 Å². The summed E-state index contributed by atoms with van der Waals surface area (Å²) in [4.78, 5) is 25.4. The van der Waals surface area contributed by atoms with E-state index in [9.17, 15) is 9.59 Å². The molecular formula is C25H23NO4. The first kappa shape index (κ1) is 19.7. The summed E-state index contributed by atoms with van der Waals surface area (Å²) in [7, 11) is 0. The molecule has 4 rings (SSSR count). The number of nitrogens with zero attached hydrogens (tertiary/aromatic N) is 1. The van der Waals surface area contributed by atoms with E-state index in [2.05, 4.69) is 24.3 Å². The summed E-state index contributed by atoms with van der Waals surface area (Å²) in [5.41, 5.74) is 5.36. The highest BCUT2D eigenvalue weighted by Crippen LogP contribution is 2.44. The van der Waals surface area contributed by atoms with Gasteiger partial charge in [0.2, 0.25) is 0 Å². The van der Waals surface area contributed by atoms with E-state index in [0.29, 0.717) is 12.1 Å². The largest absolute Gasteiger partial charge is 0.481 e. The fraction of sp³-hybridized carbons (Fsp3) is 0.200. The van der Waals surface area contributed by atoms with Crippen molar-refractivity contribution in [3.63, 3.8) is 0 Å². The molecule has 0 spiro atoms. The van der Waals surface area contributed by atoms with Crippen molar-refractivity contribution >= 4 is 17.7 Å². The molecule has 0 unspecified atom stereocenters. The van der Waals surface area contributed by atoms with Crippen molar-refractivity contribution in [2.75, 3.05) is 18.1 Å². The highest BCUT2D eigenvalue weighted by atomic mass is 16.6. The molecule has 0 bridgehead atoms. The van der Waals surface area contributed by atoms with Crippen LogP contribution >= 0.6 is 0 Å². The van der Waals surface area contributed by atoms with Gasteiger partial charge in [-0.2, -0.15) is 0 Å². The van der Waals surface area contributed by atoms with Crippen molar-refractivity contribution in [3.05, 3.63) is 90.0 Å². The van der Waals surface area contributed by atoms with Gasteiger partial charge in [-0.3, -0.25) is 9.69 Å². The summed E-state index contributed by atoms with van der Waals surface area (Å²) >= 11 is 0. The Morgan fingerprint density at radius 1 is 0.833 bits per heavy atom. The van der Waals surface area contributed by atoms with E-state index in [0.717, 1.165) is 11.1 Å².